The summed E-state index contributed by atoms with van der Waals surface area (Å²) in [4.78, 5) is 14.0. The van der Waals surface area contributed by atoms with Crippen LogP contribution in [-0.2, 0) is 14.6 Å². The molecule has 2 unspecified atom stereocenters. The van der Waals surface area contributed by atoms with Gasteiger partial charge in [0.15, 0.2) is 9.84 Å². The molecule has 0 spiro atoms. The van der Waals surface area contributed by atoms with E-state index in [1.165, 1.54) is 0 Å². The fraction of sp³-hybridized carbons (Fsp3) is 0.562. The molecular weight excluding hydrogens is 300 g/mol. The van der Waals surface area contributed by atoms with Gasteiger partial charge in [-0.05, 0) is 19.4 Å². The van der Waals surface area contributed by atoms with Gasteiger partial charge in [0.05, 0.1) is 5.75 Å². The molecule has 2 atom stereocenters. The van der Waals surface area contributed by atoms with Crippen molar-refractivity contribution in [1.29, 1.82) is 0 Å². The molecule has 1 aromatic carbocycles. The second-order valence-corrected chi connectivity index (χ2v) is 7.85. The van der Waals surface area contributed by atoms with E-state index in [-0.39, 0.29) is 35.9 Å². The second kappa shape index (κ2) is 8.29. The van der Waals surface area contributed by atoms with Crippen molar-refractivity contribution in [2.45, 2.75) is 39.3 Å². The molecule has 0 bridgehead atoms. The van der Waals surface area contributed by atoms with Crippen LogP contribution in [0.2, 0.25) is 0 Å². The van der Waals surface area contributed by atoms with Crippen LogP contribution in [0.5, 0.6) is 0 Å². The van der Waals surface area contributed by atoms with Gasteiger partial charge in [0.1, 0.15) is 0 Å². The minimum atomic E-state index is -3.11. The van der Waals surface area contributed by atoms with Crippen LogP contribution in [0.15, 0.2) is 30.3 Å². The Hall–Kier alpha value is -1.40. The maximum absolute atomic E-state index is 12.4. The lowest BCUT2D eigenvalue weighted by Crippen LogP contribution is -2.43. The molecule has 1 aromatic rings. The molecule has 2 N–H and O–H groups in total. The number of rotatable bonds is 8. The highest BCUT2D eigenvalue weighted by atomic mass is 32.2. The van der Waals surface area contributed by atoms with Crippen molar-refractivity contribution in [2.24, 2.45) is 5.73 Å². The van der Waals surface area contributed by atoms with Crippen LogP contribution >= 0.6 is 0 Å². The molecule has 6 heteroatoms. The Kier molecular flexibility index (Phi) is 7.03. The molecule has 0 radical (unpaired) electrons. The van der Waals surface area contributed by atoms with Crippen molar-refractivity contribution >= 4 is 15.7 Å². The lowest BCUT2D eigenvalue weighted by atomic mass is 10.0. The molecule has 1 rings (SSSR count). The Morgan fingerprint density at radius 1 is 1.23 bits per heavy atom. The van der Waals surface area contributed by atoms with E-state index in [9.17, 15) is 13.2 Å². The van der Waals surface area contributed by atoms with E-state index in [0.717, 1.165) is 5.56 Å². The van der Waals surface area contributed by atoms with Gasteiger partial charge in [0, 0.05) is 30.8 Å². The van der Waals surface area contributed by atoms with Crippen molar-refractivity contribution in [3.8, 4) is 0 Å². The van der Waals surface area contributed by atoms with E-state index >= 15 is 0 Å². The third kappa shape index (κ3) is 5.42. The maximum atomic E-state index is 12.4. The van der Waals surface area contributed by atoms with Gasteiger partial charge < -0.3 is 10.6 Å². The van der Waals surface area contributed by atoms with E-state index in [0.29, 0.717) is 6.54 Å². The summed E-state index contributed by atoms with van der Waals surface area (Å²) in [6, 6.07) is 8.72. The topological polar surface area (TPSA) is 80.5 Å². The number of nitrogens with zero attached hydrogens (tertiary/aromatic N) is 1. The fourth-order valence-corrected chi connectivity index (χ4v) is 3.58. The van der Waals surface area contributed by atoms with E-state index in [1.807, 2.05) is 37.3 Å². The third-order valence-corrected chi connectivity index (χ3v) is 5.62. The van der Waals surface area contributed by atoms with Crippen molar-refractivity contribution in [3.63, 3.8) is 0 Å². The Bertz CT molecular complexity index is 572. The zero-order chi connectivity index (χ0) is 16.8. The first-order valence-corrected chi connectivity index (χ1v) is 9.43. The normalized spacial score (nSPS) is 14.4. The van der Waals surface area contributed by atoms with Crippen molar-refractivity contribution in [1.82, 2.24) is 4.90 Å². The zero-order valence-electron chi connectivity index (χ0n) is 13.5. The van der Waals surface area contributed by atoms with Gasteiger partial charge in [0.25, 0.3) is 0 Å². The minimum Gasteiger partial charge on any atom is -0.339 e. The summed E-state index contributed by atoms with van der Waals surface area (Å²) >= 11 is 0. The number of nitrogens with two attached hydrogens (primary N) is 1. The molecule has 0 aliphatic carbocycles. The average molecular weight is 326 g/mol. The number of hydrogen-bond acceptors (Lipinski definition) is 4. The van der Waals surface area contributed by atoms with Crippen molar-refractivity contribution in [2.75, 3.05) is 18.1 Å². The Labute approximate surface area is 133 Å². The highest BCUT2D eigenvalue weighted by Crippen LogP contribution is 2.16. The number of carbonyl (C=O) groups excluding carboxylic acids is 1. The summed E-state index contributed by atoms with van der Waals surface area (Å²) < 4.78 is 23.5. The summed E-state index contributed by atoms with van der Waals surface area (Å²) in [6.07, 6.45) is 0.175. The van der Waals surface area contributed by atoms with Gasteiger partial charge in [-0.3, -0.25) is 4.79 Å². The first-order chi connectivity index (χ1) is 10.3. The summed E-state index contributed by atoms with van der Waals surface area (Å²) in [7, 11) is -3.11. The molecule has 1 amide bonds. The molecule has 0 aliphatic heterocycles. The average Bonchev–Trinajstić information content (AvgIpc) is 2.48. The maximum Gasteiger partial charge on any atom is 0.224 e. The molecule has 0 saturated carbocycles. The molecule has 0 saturated heterocycles. The fourth-order valence-electron chi connectivity index (χ4n) is 2.43. The molecule has 5 nitrogen and oxygen atoms in total. The van der Waals surface area contributed by atoms with E-state index in [4.69, 9.17) is 5.73 Å². The van der Waals surface area contributed by atoms with Gasteiger partial charge in [-0.15, -0.1) is 0 Å². The lowest BCUT2D eigenvalue weighted by molar-refractivity contribution is -0.132. The number of benzene rings is 1. The monoisotopic (exact) mass is 326 g/mol. The number of hydrogen-bond donors (Lipinski definition) is 1. The molecular formula is C16H26N2O3S. The van der Waals surface area contributed by atoms with Gasteiger partial charge in [0.2, 0.25) is 5.91 Å². The Morgan fingerprint density at radius 2 is 1.82 bits per heavy atom. The third-order valence-electron chi connectivity index (χ3n) is 3.75. The van der Waals surface area contributed by atoms with E-state index in [1.54, 1.807) is 18.7 Å². The smallest absolute Gasteiger partial charge is 0.224 e. The van der Waals surface area contributed by atoms with Crippen LogP contribution in [-0.4, -0.2) is 43.3 Å². The number of sulfone groups is 1. The summed E-state index contributed by atoms with van der Waals surface area (Å²) in [6.45, 7) is 5.70. The van der Waals surface area contributed by atoms with Crippen LogP contribution in [0, 0.1) is 0 Å². The summed E-state index contributed by atoms with van der Waals surface area (Å²) in [5.41, 5.74) is 6.98. The second-order valence-electron chi connectivity index (χ2n) is 5.45. The Balaban J connectivity index is 2.72. The quantitative estimate of drug-likeness (QED) is 0.789. The van der Waals surface area contributed by atoms with Gasteiger partial charge in [-0.1, -0.05) is 37.3 Å². The standard InChI is InChI=1S/C16H26N2O3S/c1-4-18(13(3)12-22(20,21)5-2)16(19)11-15(17)14-9-7-6-8-10-14/h6-10,13,15H,4-5,11-12,17H2,1-3H3. The first kappa shape index (κ1) is 18.6. The zero-order valence-corrected chi connectivity index (χ0v) is 14.3. The van der Waals surface area contributed by atoms with E-state index < -0.39 is 9.84 Å². The van der Waals surface area contributed by atoms with Gasteiger partial charge >= 0.3 is 0 Å². The van der Waals surface area contributed by atoms with Gasteiger partial charge in [-0.2, -0.15) is 0 Å². The predicted octanol–water partition coefficient (Wildman–Crippen LogP) is 1.75. The molecule has 22 heavy (non-hydrogen) atoms. The highest BCUT2D eigenvalue weighted by molar-refractivity contribution is 7.91. The minimum absolute atomic E-state index is 0.0103. The largest absolute Gasteiger partial charge is 0.339 e. The van der Waals surface area contributed by atoms with Crippen molar-refractivity contribution in [3.05, 3.63) is 35.9 Å². The lowest BCUT2D eigenvalue weighted by Gasteiger charge is -2.29. The number of carbonyl (C=O) groups is 1. The molecule has 0 aliphatic rings. The van der Waals surface area contributed by atoms with E-state index in [2.05, 4.69) is 0 Å². The summed E-state index contributed by atoms with van der Waals surface area (Å²) in [5.74, 6) is -0.0336. The van der Waals surface area contributed by atoms with Crippen LogP contribution in [0.3, 0.4) is 0 Å². The van der Waals surface area contributed by atoms with Crippen molar-refractivity contribution < 1.29 is 13.2 Å². The van der Waals surface area contributed by atoms with Crippen LogP contribution in [0.25, 0.3) is 0 Å². The highest BCUT2D eigenvalue weighted by Gasteiger charge is 2.24. The molecule has 0 fully saturated rings. The molecule has 0 aromatic heterocycles. The van der Waals surface area contributed by atoms with Crippen LogP contribution in [0.4, 0.5) is 0 Å². The number of amides is 1. The SMILES string of the molecule is CCN(C(=O)CC(N)c1ccccc1)C(C)CS(=O)(=O)CC. The molecule has 124 valence electrons. The van der Waals surface area contributed by atoms with Crippen LogP contribution < -0.4 is 5.73 Å². The Morgan fingerprint density at radius 3 is 2.32 bits per heavy atom. The van der Waals surface area contributed by atoms with Gasteiger partial charge in [-0.25, -0.2) is 8.42 Å². The molecule has 0 heterocycles. The first-order valence-electron chi connectivity index (χ1n) is 7.61. The van der Waals surface area contributed by atoms with Crippen LogP contribution in [0.1, 0.15) is 38.8 Å². The summed E-state index contributed by atoms with van der Waals surface area (Å²) in [5, 5.41) is 0. The predicted molar refractivity (Wildman–Crippen MR) is 89.2 cm³/mol.